The SMILES string of the molecule is COc1cc(Cl)c2c(c1)C(O)CCC2. The van der Waals surface area contributed by atoms with E-state index < -0.39 is 0 Å². The van der Waals surface area contributed by atoms with Gasteiger partial charge >= 0.3 is 0 Å². The normalized spacial score (nSPS) is 20.4. The summed E-state index contributed by atoms with van der Waals surface area (Å²) in [4.78, 5) is 0. The third-order valence-electron chi connectivity index (χ3n) is 2.70. The van der Waals surface area contributed by atoms with E-state index in [9.17, 15) is 5.11 Å². The summed E-state index contributed by atoms with van der Waals surface area (Å²) in [5.74, 6) is 0.717. The molecule has 1 N–H and O–H groups in total. The smallest absolute Gasteiger partial charge is 0.120 e. The van der Waals surface area contributed by atoms with Gasteiger partial charge in [0.1, 0.15) is 5.75 Å². The van der Waals surface area contributed by atoms with Crippen molar-refractivity contribution < 1.29 is 9.84 Å². The van der Waals surface area contributed by atoms with Gasteiger partial charge in [-0.05, 0) is 42.5 Å². The van der Waals surface area contributed by atoms with Gasteiger partial charge in [-0.25, -0.2) is 0 Å². The van der Waals surface area contributed by atoms with Gasteiger partial charge in [-0.1, -0.05) is 11.6 Å². The van der Waals surface area contributed by atoms with Crippen LogP contribution >= 0.6 is 11.6 Å². The first-order chi connectivity index (χ1) is 6.72. The third kappa shape index (κ3) is 1.60. The highest BCUT2D eigenvalue weighted by Gasteiger charge is 2.20. The van der Waals surface area contributed by atoms with Crippen molar-refractivity contribution in [1.29, 1.82) is 0 Å². The van der Waals surface area contributed by atoms with Crippen molar-refractivity contribution >= 4 is 11.6 Å². The molecule has 1 aliphatic rings. The van der Waals surface area contributed by atoms with E-state index in [1.54, 1.807) is 13.2 Å². The van der Waals surface area contributed by atoms with Crippen LogP contribution in [0, 0.1) is 0 Å². The van der Waals surface area contributed by atoms with Gasteiger partial charge in [0.25, 0.3) is 0 Å². The largest absolute Gasteiger partial charge is 0.497 e. The summed E-state index contributed by atoms with van der Waals surface area (Å²) in [5, 5.41) is 10.5. The molecule has 2 rings (SSSR count). The fourth-order valence-corrected chi connectivity index (χ4v) is 2.25. The highest BCUT2D eigenvalue weighted by molar-refractivity contribution is 6.31. The lowest BCUT2D eigenvalue weighted by Gasteiger charge is -2.22. The van der Waals surface area contributed by atoms with Gasteiger partial charge in [-0.2, -0.15) is 0 Å². The molecule has 1 unspecified atom stereocenters. The molecule has 3 heteroatoms. The number of aliphatic hydroxyl groups is 1. The number of fused-ring (bicyclic) bond motifs is 1. The van der Waals surface area contributed by atoms with Crippen LogP contribution in [-0.2, 0) is 6.42 Å². The first kappa shape index (κ1) is 9.81. The highest BCUT2D eigenvalue weighted by Crippen LogP contribution is 2.36. The topological polar surface area (TPSA) is 29.5 Å². The number of halogens is 1. The van der Waals surface area contributed by atoms with E-state index in [0.29, 0.717) is 5.02 Å². The molecule has 1 atom stereocenters. The van der Waals surface area contributed by atoms with Gasteiger partial charge < -0.3 is 9.84 Å². The molecule has 1 aliphatic carbocycles. The van der Waals surface area contributed by atoms with Crippen LogP contribution in [0.15, 0.2) is 12.1 Å². The van der Waals surface area contributed by atoms with Gasteiger partial charge in [0, 0.05) is 5.02 Å². The second-order valence-electron chi connectivity index (χ2n) is 3.59. The van der Waals surface area contributed by atoms with E-state index in [1.807, 2.05) is 6.07 Å². The van der Waals surface area contributed by atoms with E-state index in [1.165, 1.54) is 0 Å². The van der Waals surface area contributed by atoms with E-state index in [4.69, 9.17) is 16.3 Å². The van der Waals surface area contributed by atoms with Crippen molar-refractivity contribution in [3.05, 3.63) is 28.3 Å². The Kier molecular flexibility index (Phi) is 2.66. The Morgan fingerprint density at radius 2 is 2.29 bits per heavy atom. The van der Waals surface area contributed by atoms with Crippen LogP contribution in [0.2, 0.25) is 5.02 Å². The quantitative estimate of drug-likeness (QED) is 0.776. The molecule has 0 amide bonds. The number of rotatable bonds is 1. The molecule has 0 radical (unpaired) electrons. The molecule has 0 bridgehead atoms. The Bertz CT molecular complexity index is 349. The minimum atomic E-state index is -0.383. The molecule has 1 aromatic rings. The van der Waals surface area contributed by atoms with Gasteiger partial charge in [0.15, 0.2) is 0 Å². The summed E-state index contributed by atoms with van der Waals surface area (Å²) >= 11 is 6.10. The monoisotopic (exact) mass is 212 g/mol. The molecule has 0 saturated carbocycles. The Hall–Kier alpha value is -0.730. The van der Waals surface area contributed by atoms with Crippen molar-refractivity contribution in [3.63, 3.8) is 0 Å². The van der Waals surface area contributed by atoms with Crippen LogP contribution in [0.3, 0.4) is 0 Å². The van der Waals surface area contributed by atoms with Gasteiger partial charge in [-0.15, -0.1) is 0 Å². The minimum absolute atomic E-state index is 0.383. The molecule has 0 heterocycles. The second kappa shape index (κ2) is 3.79. The molecule has 2 nitrogen and oxygen atoms in total. The summed E-state index contributed by atoms with van der Waals surface area (Å²) in [7, 11) is 1.60. The fourth-order valence-electron chi connectivity index (χ4n) is 1.94. The summed E-state index contributed by atoms with van der Waals surface area (Å²) in [6.45, 7) is 0. The van der Waals surface area contributed by atoms with E-state index >= 15 is 0 Å². The zero-order valence-corrected chi connectivity index (χ0v) is 8.84. The molecular weight excluding hydrogens is 200 g/mol. The predicted octanol–water partition coefficient (Wildman–Crippen LogP) is 2.72. The zero-order valence-electron chi connectivity index (χ0n) is 8.09. The maximum absolute atomic E-state index is 9.79. The Morgan fingerprint density at radius 1 is 1.50 bits per heavy atom. The number of methoxy groups -OCH3 is 1. The summed E-state index contributed by atoms with van der Waals surface area (Å²) in [5.41, 5.74) is 2.01. The van der Waals surface area contributed by atoms with Gasteiger partial charge in [-0.3, -0.25) is 0 Å². The van der Waals surface area contributed by atoms with E-state index in [-0.39, 0.29) is 6.10 Å². The van der Waals surface area contributed by atoms with E-state index in [2.05, 4.69) is 0 Å². The van der Waals surface area contributed by atoms with Crippen LogP contribution in [0.25, 0.3) is 0 Å². The predicted molar refractivity (Wildman–Crippen MR) is 55.9 cm³/mol. The molecular formula is C11H13ClO2. The van der Waals surface area contributed by atoms with Crippen LogP contribution in [0.5, 0.6) is 5.75 Å². The van der Waals surface area contributed by atoms with E-state index in [0.717, 1.165) is 36.1 Å². The standard InChI is InChI=1S/C11H13ClO2/c1-14-7-5-9-8(10(12)6-7)3-2-4-11(9)13/h5-6,11,13H,2-4H2,1H3. The molecule has 76 valence electrons. The molecule has 0 spiro atoms. The van der Waals surface area contributed by atoms with Crippen LogP contribution in [0.1, 0.15) is 30.1 Å². The lowest BCUT2D eigenvalue weighted by molar-refractivity contribution is 0.156. The molecule has 1 aromatic carbocycles. The molecule has 0 aromatic heterocycles. The number of benzene rings is 1. The third-order valence-corrected chi connectivity index (χ3v) is 3.04. The number of hydrogen-bond acceptors (Lipinski definition) is 2. The van der Waals surface area contributed by atoms with Crippen molar-refractivity contribution in [2.45, 2.75) is 25.4 Å². The second-order valence-corrected chi connectivity index (χ2v) is 3.99. The highest BCUT2D eigenvalue weighted by atomic mass is 35.5. The lowest BCUT2D eigenvalue weighted by Crippen LogP contribution is -2.09. The van der Waals surface area contributed by atoms with Crippen LogP contribution in [-0.4, -0.2) is 12.2 Å². The summed E-state index contributed by atoms with van der Waals surface area (Å²) < 4.78 is 5.11. The molecule has 0 fully saturated rings. The lowest BCUT2D eigenvalue weighted by atomic mass is 9.89. The van der Waals surface area contributed by atoms with Crippen molar-refractivity contribution in [1.82, 2.24) is 0 Å². The fraction of sp³-hybridized carbons (Fsp3) is 0.455. The van der Waals surface area contributed by atoms with Crippen LogP contribution in [0.4, 0.5) is 0 Å². The first-order valence-corrected chi connectivity index (χ1v) is 5.14. The van der Waals surface area contributed by atoms with Gasteiger partial charge in [0.05, 0.1) is 13.2 Å². The summed E-state index contributed by atoms with van der Waals surface area (Å²) in [6, 6.07) is 3.68. The molecule has 0 saturated heterocycles. The van der Waals surface area contributed by atoms with Crippen molar-refractivity contribution in [2.75, 3.05) is 7.11 Å². The number of ether oxygens (including phenoxy) is 1. The Balaban J connectivity index is 2.51. The maximum atomic E-state index is 9.79. The Morgan fingerprint density at radius 3 is 3.00 bits per heavy atom. The van der Waals surface area contributed by atoms with Crippen LogP contribution < -0.4 is 4.74 Å². The van der Waals surface area contributed by atoms with Crippen molar-refractivity contribution in [2.24, 2.45) is 0 Å². The first-order valence-electron chi connectivity index (χ1n) is 4.76. The Labute approximate surface area is 88.5 Å². The van der Waals surface area contributed by atoms with Gasteiger partial charge in [0.2, 0.25) is 0 Å². The maximum Gasteiger partial charge on any atom is 0.120 e. The number of aliphatic hydroxyl groups excluding tert-OH is 1. The number of hydrogen-bond donors (Lipinski definition) is 1. The minimum Gasteiger partial charge on any atom is -0.497 e. The average molecular weight is 213 g/mol. The van der Waals surface area contributed by atoms with Crippen molar-refractivity contribution in [3.8, 4) is 5.75 Å². The molecule has 0 aliphatic heterocycles. The zero-order chi connectivity index (χ0) is 10.1. The molecule has 14 heavy (non-hydrogen) atoms. The summed E-state index contributed by atoms with van der Waals surface area (Å²) in [6.07, 6.45) is 2.39. The average Bonchev–Trinajstić information content (AvgIpc) is 2.19.